The minimum Gasteiger partial charge on any atom is -0.365 e. The largest absolute Gasteiger partial charge is 0.403 e. The summed E-state index contributed by atoms with van der Waals surface area (Å²) in [6, 6.07) is 7.24. The highest BCUT2D eigenvalue weighted by atomic mass is 32.2. The molecule has 0 saturated carbocycles. The Bertz CT molecular complexity index is 1010. The van der Waals surface area contributed by atoms with Crippen LogP contribution in [0.2, 0.25) is 0 Å². The summed E-state index contributed by atoms with van der Waals surface area (Å²) in [5.74, 6) is 3.30. The van der Waals surface area contributed by atoms with Crippen molar-refractivity contribution in [3.8, 4) is 12.3 Å². The molecule has 2 aromatic rings. The highest BCUT2D eigenvalue weighted by Gasteiger charge is 2.36. The van der Waals surface area contributed by atoms with Crippen LogP contribution < -0.4 is 10.6 Å². The van der Waals surface area contributed by atoms with Crippen LogP contribution in [-0.4, -0.2) is 42.2 Å². The Morgan fingerprint density at radius 2 is 2.07 bits per heavy atom. The molecule has 0 saturated heterocycles. The van der Waals surface area contributed by atoms with E-state index in [0.29, 0.717) is 18.1 Å². The Morgan fingerprint density at radius 3 is 2.66 bits per heavy atom. The quantitative estimate of drug-likeness (QED) is 0.210. The first-order chi connectivity index (χ1) is 13.9. The number of benzene rings is 1. The molecule has 2 rings (SSSR count). The van der Waals surface area contributed by atoms with Gasteiger partial charge >= 0.3 is 5.03 Å². The van der Waals surface area contributed by atoms with E-state index in [9.17, 15) is 18.5 Å². The molecule has 0 aliphatic carbocycles. The van der Waals surface area contributed by atoms with Crippen LogP contribution in [0.25, 0.3) is 0 Å². The first-order valence-corrected chi connectivity index (χ1v) is 11.2. The second kappa shape index (κ2) is 10.5. The number of terminal acetylenes is 1. The van der Waals surface area contributed by atoms with E-state index in [1.165, 1.54) is 24.3 Å². The minimum absolute atomic E-state index is 0.0659. The fraction of sp³-hybridized carbons (Fsp3) is 0.278. The number of aromatic amines is 1. The van der Waals surface area contributed by atoms with Crippen molar-refractivity contribution >= 4 is 21.6 Å². The molecule has 0 unspecified atom stereocenters. The maximum absolute atomic E-state index is 12.8. The molecular formula is C18H21N5O4S2. The molecule has 0 bridgehead atoms. The summed E-state index contributed by atoms with van der Waals surface area (Å²) >= 11 is 1.56. The predicted octanol–water partition coefficient (Wildman–Crippen LogP) is 1.64. The number of aryl methyl sites for hydroxylation is 1. The normalized spacial score (nSPS) is 12.0. The summed E-state index contributed by atoms with van der Waals surface area (Å²) in [6.45, 7) is 2.15. The highest BCUT2D eigenvalue weighted by Crippen LogP contribution is 2.21. The molecule has 11 heteroatoms. The molecule has 0 aliphatic rings. The van der Waals surface area contributed by atoms with Gasteiger partial charge in [-0.1, -0.05) is 24.1 Å². The molecule has 0 aliphatic heterocycles. The van der Waals surface area contributed by atoms with Gasteiger partial charge in [-0.2, -0.15) is 11.8 Å². The number of hydrogen-bond acceptors (Lipinski definition) is 8. The van der Waals surface area contributed by atoms with Crippen molar-refractivity contribution in [1.29, 1.82) is 0 Å². The summed E-state index contributed by atoms with van der Waals surface area (Å²) in [4.78, 5) is 17.7. The van der Waals surface area contributed by atoms with Crippen molar-refractivity contribution in [3.05, 3.63) is 69.0 Å². The van der Waals surface area contributed by atoms with E-state index in [4.69, 9.17) is 6.42 Å². The molecule has 9 nitrogen and oxygen atoms in total. The summed E-state index contributed by atoms with van der Waals surface area (Å²) in [7, 11) is -4.35. The van der Waals surface area contributed by atoms with Crippen LogP contribution in [0.3, 0.4) is 0 Å². The van der Waals surface area contributed by atoms with Crippen LogP contribution in [0.15, 0.2) is 52.4 Å². The first kappa shape index (κ1) is 22.3. The molecule has 0 atom stereocenters. The van der Waals surface area contributed by atoms with Gasteiger partial charge in [0.15, 0.2) is 5.82 Å². The van der Waals surface area contributed by atoms with Gasteiger partial charge in [0.2, 0.25) is 0 Å². The number of hydrogen-bond donors (Lipinski definition) is 3. The van der Waals surface area contributed by atoms with Gasteiger partial charge in [0, 0.05) is 23.7 Å². The number of imidazole rings is 1. The van der Waals surface area contributed by atoms with Crippen molar-refractivity contribution in [3.63, 3.8) is 0 Å². The zero-order chi connectivity index (χ0) is 21.3. The van der Waals surface area contributed by atoms with Gasteiger partial charge in [0.1, 0.15) is 0 Å². The summed E-state index contributed by atoms with van der Waals surface area (Å²) < 4.78 is 25.6. The van der Waals surface area contributed by atoms with Crippen LogP contribution in [0.4, 0.5) is 0 Å². The number of sulfone groups is 1. The second-order valence-corrected chi connectivity index (χ2v) is 8.74. The Balaban J connectivity index is 2.17. The van der Waals surface area contributed by atoms with E-state index in [2.05, 4.69) is 26.5 Å². The average Bonchev–Trinajstić information content (AvgIpc) is 3.10. The van der Waals surface area contributed by atoms with Crippen LogP contribution in [0, 0.1) is 29.4 Å². The number of H-pyrrole nitrogens is 1. The van der Waals surface area contributed by atoms with Crippen LogP contribution in [0.5, 0.6) is 0 Å². The Labute approximate surface area is 173 Å². The van der Waals surface area contributed by atoms with E-state index >= 15 is 0 Å². The maximum atomic E-state index is 12.8. The number of nitrogens with zero attached hydrogens (tertiary/aromatic N) is 2. The molecular weight excluding hydrogens is 414 g/mol. The van der Waals surface area contributed by atoms with Crippen LogP contribution >= 0.6 is 11.8 Å². The summed E-state index contributed by atoms with van der Waals surface area (Å²) in [6.07, 6.45) is 6.84. The Morgan fingerprint density at radius 1 is 1.34 bits per heavy atom. The third-order valence-corrected chi connectivity index (χ3v) is 6.50. The van der Waals surface area contributed by atoms with Crippen molar-refractivity contribution in [2.45, 2.75) is 17.6 Å². The van der Waals surface area contributed by atoms with Gasteiger partial charge in [0.25, 0.3) is 9.84 Å². The van der Waals surface area contributed by atoms with Gasteiger partial charge in [-0.15, -0.1) is 6.42 Å². The third kappa shape index (κ3) is 6.00. The minimum atomic E-state index is -4.35. The Kier molecular flexibility index (Phi) is 8.11. The van der Waals surface area contributed by atoms with Crippen LogP contribution in [-0.2, 0) is 15.6 Å². The zero-order valence-electron chi connectivity index (χ0n) is 15.7. The van der Waals surface area contributed by atoms with E-state index in [1.807, 2.05) is 6.92 Å². The lowest BCUT2D eigenvalue weighted by Crippen LogP contribution is -2.34. The monoisotopic (exact) mass is 435 g/mol. The molecule has 154 valence electrons. The lowest BCUT2D eigenvalue weighted by Gasteiger charge is -2.13. The van der Waals surface area contributed by atoms with E-state index in [-0.39, 0.29) is 17.3 Å². The van der Waals surface area contributed by atoms with Crippen molar-refractivity contribution in [2.24, 2.45) is 0 Å². The molecule has 0 fully saturated rings. The molecule has 1 aromatic carbocycles. The van der Waals surface area contributed by atoms with E-state index < -0.39 is 19.8 Å². The van der Waals surface area contributed by atoms with Gasteiger partial charge < -0.3 is 15.6 Å². The smallest absolute Gasteiger partial charge is 0.365 e. The summed E-state index contributed by atoms with van der Waals surface area (Å²) in [5.41, 5.74) is 1.90. The number of nitrogens with one attached hydrogen (secondary N) is 3. The number of thioether (sulfide) groups is 1. The van der Waals surface area contributed by atoms with Gasteiger partial charge in [-0.05, 0) is 19.1 Å². The van der Waals surface area contributed by atoms with Crippen molar-refractivity contribution in [2.75, 3.05) is 18.8 Å². The lowest BCUT2D eigenvalue weighted by atomic mass is 10.4. The topological polar surface area (TPSA) is 130 Å². The number of aromatic nitrogens is 2. The predicted molar refractivity (Wildman–Crippen MR) is 112 cm³/mol. The average molecular weight is 436 g/mol. The standard InChI is InChI=1S/C18H21N5O4S2/c1-3-9-19-17(20-10-11-28-12-16-14(2)21-13-22-16)18(23(24)25)29(26,27)15-7-5-4-6-8-15/h1,4-8,13,19-20H,9-12H2,2H3,(H,21,22). The fourth-order valence-electron chi connectivity index (χ4n) is 2.34. The molecule has 0 radical (unpaired) electrons. The number of rotatable bonds is 11. The van der Waals surface area contributed by atoms with Crippen molar-refractivity contribution < 1.29 is 13.3 Å². The fourth-order valence-corrected chi connectivity index (χ4v) is 4.56. The zero-order valence-corrected chi connectivity index (χ0v) is 17.3. The van der Waals surface area contributed by atoms with Crippen molar-refractivity contribution in [1.82, 2.24) is 20.6 Å². The van der Waals surface area contributed by atoms with E-state index in [1.54, 1.807) is 24.2 Å². The van der Waals surface area contributed by atoms with Gasteiger partial charge in [-0.25, -0.2) is 13.4 Å². The molecule has 29 heavy (non-hydrogen) atoms. The molecule has 0 spiro atoms. The first-order valence-electron chi connectivity index (χ1n) is 8.54. The summed E-state index contributed by atoms with van der Waals surface area (Å²) in [5, 5.41) is 16.1. The maximum Gasteiger partial charge on any atom is 0.403 e. The third-order valence-electron chi connectivity index (χ3n) is 3.78. The molecule has 0 amide bonds. The van der Waals surface area contributed by atoms with Crippen LogP contribution in [0.1, 0.15) is 11.4 Å². The molecule has 1 heterocycles. The second-order valence-electron chi connectivity index (χ2n) is 5.77. The highest BCUT2D eigenvalue weighted by molar-refractivity contribution is 7.98. The van der Waals surface area contributed by atoms with Gasteiger partial charge in [-0.3, -0.25) is 10.1 Å². The Hall–Kier alpha value is -2.97. The number of nitro groups is 1. The van der Waals surface area contributed by atoms with Gasteiger partial charge in [0.05, 0.1) is 28.4 Å². The molecule has 1 aromatic heterocycles. The SMILES string of the molecule is C#CCNC(NCCSCc1nc[nH]c1C)=C([N+](=O)[O-])S(=O)(=O)c1ccccc1. The van der Waals surface area contributed by atoms with E-state index in [0.717, 1.165) is 11.4 Å². The molecule has 3 N–H and O–H groups in total. The lowest BCUT2D eigenvalue weighted by molar-refractivity contribution is -0.413.